The lowest BCUT2D eigenvalue weighted by atomic mass is 9.91. The van der Waals surface area contributed by atoms with E-state index in [9.17, 15) is 0 Å². The Bertz CT molecular complexity index is 305. The van der Waals surface area contributed by atoms with E-state index in [-0.39, 0.29) is 0 Å². The summed E-state index contributed by atoms with van der Waals surface area (Å²) in [5.41, 5.74) is 8.59. The van der Waals surface area contributed by atoms with Gasteiger partial charge in [0.1, 0.15) is 0 Å². The second-order valence-corrected chi connectivity index (χ2v) is 4.57. The monoisotopic (exact) mass is 204 g/mol. The number of anilines is 1. The molecule has 0 heterocycles. The molecule has 15 heavy (non-hydrogen) atoms. The van der Waals surface area contributed by atoms with Crippen molar-refractivity contribution in [3.8, 4) is 0 Å². The van der Waals surface area contributed by atoms with E-state index in [0.29, 0.717) is 12.1 Å². The Hall–Kier alpha value is -1.02. The summed E-state index contributed by atoms with van der Waals surface area (Å²) >= 11 is 0. The molecule has 82 valence electrons. The van der Waals surface area contributed by atoms with Crippen LogP contribution in [0.2, 0.25) is 0 Å². The van der Waals surface area contributed by atoms with Crippen LogP contribution < -0.4 is 11.1 Å². The molecule has 0 radical (unpaired) electrons. The van der Waals surface area contributed by atoms with Crippen molar-refractivity contribution in [2.45, 2.75) is 44.7 Å². The number of hydrogen-bond donors (Lipinski definition) is 2. The number of nitrogens with one attached hydrogen (secondary N) is 1. The van der Waals surface area contributed by atoms with Crippen LogP contribution in [-0.4, -0.2) is 12.1 Å². The van der Waals surface area contributed by atoms with Gasteiger partial charge in [0.15, 0.2) is 0 Å². The molecule has 3 N–H and O–H groups in total. The van der Waals surface area contributed by atoms with Crippen molar-refractivity contribution >= 4 is 5.69 Å². The van der Waals surface area contributed by atoms with Gasteiger partial charge in [0.2, 0.25) is 0 Å². The van der Waals surface area contributed by atoms with Crippen LogP contribution in [0.1, 0.15) is 31.2 Å². The van der Waals surface area contributed by atoms with Gasteiger partial charge in [-0.2, -0.15) is 0 Å². The molecule has 1 aromatic rings. The van der Waals surface area contributed by atoms with Crippen molar-refractivity contribution < 1.29 is 0 Å². The largest absolute Gasteiger partial charge is 0.381 e. The highest BCUT2D eigenvalue weighted by atomic mass is 15.0. The van der Waals surface area contributed by atoms with Crippen LogP contribution >= 0.6 is 0 Å². The number of rotatable bonds is 2. The minimum absolute atomic E-state index is 0.319. The lowest BCUT2D eigenvalue weighted by Gasteiger charge is -2.30. The second-order valence-electron chi connectivity index (χ2n) is 4.57. The van der Waals surface area contributed by atoms with E-state index in [1.807, 2.05) is 0 Å². The van der Waals surface area contributed by atoms with Crippen molar-refractivity contribution in [1.82, 2.24) is 0 Å². The average molecular weight is 204 g/mol. The molecular formula is C13H20N2. The number of hydrogen-bond acceptors (Lipinski definition) is 2. The van der Waals surface area contributed by atoms with Crippen LogP contribution in [0.15, 0.2) is 24.3 Å². The average Bonchev–Trinajstić information content (AvgIpc) is 2.25. The van der Waals surface area contributed by atoms with Crippen LogP contribution in [0.25, 0.3) is 0 Å². The maximum Gasteiger partial charge on any atom is 0.0412 e. The molecule has 1 fully saturated rings. The molecule has 1 aromatic carbocycles. The van der Waals surface area contributed by atoms with E-state index in [1.165, 1.54) is 30.5 Å². The van der Waals surface area contributed by atoms with Crippen LogP contribution in [0.4, 0.5) is 5.69 Å². The molecule has 1 saturated carbocycles. The number of aryl methyl sites for hydroxylation is 1. The number of nitrogens with two attached hydrogens (primary N) is 1. The summed E-state index contributed by atoms with van der Waals surface area (Å²) in [5.74, 6) is 0. The van der Waals surface area contributed by atoms with E-state index in [2.05, 4.69) is 36.5 Å². The second kappa shape index (κ2) is 4.67. The topological polar surface area (TPSA) is 38.0 Å². The van der Waals surface area contributed by atoms with Gasteiger partial charge >= 0.3 is 0 Å². The van der Waals surface area contributed by atoms with Gasteiger partial charge in [-0.25, -0.2) is 0 Å². The number of benzene rings is 1. The summed E-state index contributed by atoms with van der Waals surface area (Å²) in [7, 11) is 0. The van der Waals surface area contributed by atoms with Gasteiger partial charge in [0.05, 0.1) is 0 Å². The first kappa shape index (κ1) is 10.5. The Morgan fingerprint density at radius 2 is 1.80 bits per heavy atom. The van der Waals surface area contributed by atoms with Crippen LogP contribution in [0.3, 0.4) is 0 Å². The van der Waals surface area contributed by atoms with Gasteiger partial charge in [-0.1, -0.05) is 30.5 Å². The Kier molecular flexibility index (Phi) is 3.27. The maximum atomic E-state index is 6.09. The molecule has 0 saturated heterocycles. The van der Waals surface area contributed by atoms with Crippen molar-refractivity contribution in [3.63, 3.8) is 0 Å². The van der Waals surface area contributed by atoms with Crippen molar-refractivity contribution in [3.05, 3.63) is 29.8 Å². The van der Waals surface area contributed by atoms with E-state index in [4.69, 9.17) is 5.73 Å². The van der Waals surface area contributed by atoms with Crippen molar-refractivity contribution in [2.75, 3.05) is 5.32 Å². The van der Waals surface area contributed by atoms with Gasteiger partial charge < -0.3 is 11.1 Å². The predicted octanol–water partition coefficient (Wildman–Crippen LogP) is 2.68. The minimum atomic E-state index is 0.319. The first-order valence-corrected chi connectivity index (χ1v) is 5.84. The zero-order chi connectivity index (χ0) is 10.7. The van der Waals surface area contributed by atoms with Crippen LogP contribution in [0.5, 0.6) is 0 Å². The highest BCUT2D eigenvalue weighted by Crippen LogP contribution is 2.21. The van der Waals surface area contributed by atoms with Crippen LogP contribution in [0, 0.1) is 6.92 Å². The van der Waals surface area contributed by atoms with Gasteiger partial charge in [0, 0.05) is 17.8 Å². The SMILES string of the molecule is Cc1ccc(N[C@H]2CCCC[C@@H]2N)cc1. The molecule has 2 atom stereocenters. The summed E-state index contributed by atoms with van der Waals surface area (Å²) in [6, 6.07) is 9.32. The van der Waals surface area contributed by atoms with Crippen molar-refractivity contribution in [2.24, 2.45) is 5.73 Å². The van der Waals surface area contributed by atoms with E-state index in [0.717, 1.165) is 6.42 Å². The van der Waals surface area contributed by atoms with Gasteiger partial charge in [-0.15, -0.1) is 0 Å². The molecule has 2 rings (SSSR count). The fraction of sp³-hybridized carbons (Fsp3) is 0.538. The minimum Gasteiger partial charge on any atom is -0.381 e. The normalized spacial score (nSPS) is 26.3. The molecule has 2 heteroatoms. The molecular weight excluding hydrogens is 184 g/mol. The summed E-state index contributed by atoms with van der Waals surface area (Å²) in [5, 5.41) is 3.53. The Balaban J connectivity index is 1.98. The molecule has 1 aliphatic rings. The zero-order valence-electron chi connectivity index (χ0n) is 9.37. The summed E-state index contributed by atoms with van der Waals surface area (Å²) in [6.45, 7) is 2.11. The lowest BCUT2D eigenvalue weighted by Crippen LogP contribution is -2.42. The molecule has 0 unspecified atom stereocenters. The zero-order valence-corrected chi connectivity index (χ0v) is 9.37. The maximum absolute atomic E-state index is 6.09. The quantitative estimate of drug-likeness (QED) is 0.777. The van der Waals surface area contributed by atoms with E-state index < -0.39 is 0 Å². The molecule has 0 aliphatic heterocycles. The first-order valence-electron chi connectivity index (χ1n) is 5.84. The lowest BCUT2D eigenvalue weighted by molar-refractivity contribution is 0.404. The Morgan fingerprint density at radius 3 is 2.47 bits per heavy atom. The highest BCUT2D eigenvalue weighted by Gasteiger charge is 2.21. The standard InChI is InChI=1S/C13H20N2/c1-10-6-8-11(9-7-10)15-13-5-3-2-4-12(13)14/h6-9,12-13,15H,2-5,14H2,1H3/t12-,13-/m0/s1. The van der Waals surface area contributed by atoms with Gasteiger partial charge in [-0.3, -0.25) is 0 Å². The Morgan fingerprint density at radius 1 is 1.13 bits per heavy atom. The van der Waals surface area contributed by atoms with Gasteiger partial charge in [0.25, 0.3) is 0 Å². The van der Waals surface area contributed by atoms with E-state index in [1.54, 1.807) is 0 Å². The molecule has 0 bridgehead atoms. The molecule has 0 spiro atoms. The van der Waals surface area contributed by atoms with Crippen molar-refractivity contribution in [1.29, 1.82) is 0 Å². The fourth-order valence-corrected chi connectivity index (χ4v) is 2.20. The first-order chi connectivity index (χ1) is 7.25. The third-order valence-electron chi connectivity index (χ3n) is 3.22. The molecule has 2 nitrogen and oxygen atoms in total. The molecule has 1 aliphatic carbocycles. The highest BCUT2D eigenvalue weighted by molar-refractivity contribution is 5.45. The summed E-state index contributed by atoms with van der Waals surface area (Å²) < 4.78 is 0. The predicted molar refractivity (Wildman–Crippen MR) is 65.0 cm³/mol. The smallest absolute Gasteiger partial charge is 0.0412 e. The molecule has 0 amide bonds. The fourth-order valence-electron chi connectivity index (χ4n) is 2.20. The van der Waals surface area contributed by atoms with E-state index >= 15 is 0 Å². The Labute approximate surface area is 91.9 Å². The molecule has 0 aromatic heterocycles. The van der Waals surface area contributed by atoms with Gasteiger partial charge in [-0.05, 0) is 31.9 Å². The van der Waals surface area contributed by atoms with Crippen LogP contribution in [-0.2, 0) is 0 Å². The summed E-state index contributed by atoms with van der Waals surface area (Å²) in [6.07, 6.45) is 4.95. The summed E-state index contributed by atoms with van der Waals surface area (Å²) in [4.78, 5) is 0. The third kappa shape index (κ3) is 2.72. The third-order valence-corrected chi connectivity index (χ3v) is 3.22.